The SMILES string of the molecule is CC(C)(C)OC(=O)N[C@H]1CCCCC/C=C\[C@@H]2C[C@@]2(C(=O)NS(=O)(=O)C2CC2)CC(=O)[C@@H]2C[C@@H](OC(=O)N3Cc4cccc(F)c4C3)CN2C1=O. The summed E-state index contributed by atoms with van der Waals surface area (Å²) in [6.07, 6.45) is 5.27. The zero-order valence-corrected chi connectivity index (χ0v) is 30.1. The van der Waals surface area contributed by atoms with Crippen LogP contribution in [0.5, 0.6) is 0 Å². The summed E-state index contributed by atoms with van der Waals surface area (Å²) in [7, 11) is -3.88. The van der Waals surface area contributed by atoms with E-state index >= 15 is 0 Å². The lowest BCUT2D eigenvalue weighted by Gasteiger charge is -2.30. The Labute approximate surface area is 297 Å². The lowest BCUT2D eigenvalue weighted by atomic mass is 9.91. The number of hydrogen-bond donors (Lipinski definition) is 2. The summed E-state index contributed by atoms with van der Waals surface area (Å²) in [5.74, 6) is -2.54. The highest BCUT2D eigenvalue weighted by atomic mass is 32.2. The van der Waals surface area contributed by atoms with Crippen LogP contribution in [0.1, 0.15) is 96.1 Å². The van der Waals surface area contributed by atoms with Crippen LogP contribution < -0.4 is 10.0 Å². The topological polar surface area (TPSA) is 168 Å². The maximum Gasteiger partial charge on any atom is 0.410 e. The number of amides is 4. The maximum absolute atomic E-state index is 14.4. The summed E-state index contributed by atoms with van der Waals surface area (Å²) in [4.78, 5) is 71.1. The predicted octanol–water partition coefficient (Wildman–Crippen LogP) is 4.23. The molecule has 1 aromatic carbocycles. The Hall–Kier alpha value is -4.01. The number of Topliss-reactive ketones (excluding diaryl/α,β-unsaturated/α-hetero) is 1. The van der Waals surface area contributed by atoms with Gasteiger partial charge in [0.15, 0.2) is 5.78 Å². The van der Waals surface area contributed by atoms with Gasteiger partial charge >= 0.3 is 12.2 Å². The molecule has 4 amide bonds. The normalized spacial score (nSPS) is 29.1. The molecule has 0 radical (unpaired) electrons. The van der Waals surface area contributed by atoms with Gasteiger partial charge in [-0.1, -0.05) is 37.1 Å². The van der Waals surface area contributed by atoms with Crippen LogP contribution in [-0.4, -0.2) is 83.6 Å². The van der Waals surface area contributed by atoms with Gasteiger partial charge in [-0.2, -0.15) is 0 Å². The Morgan fingerprint density at radius 3 is 2.51 bits per heavy atom. The molecule has 1 aromatic rings. The summed E-state index contributed by atoms with van der Waals surface area (Å²) in [5, 5.41) is 2.06. The van der Waals surface area contributed by atoms with Crippen molar-refractivity contribution in [2.24, 2.45) is 11.3 Å². The van der Waals surface area contributed by atoms with Gasteiger partial charge in [0.05, 0.1) is 29.8 Å². The first-order valence-corrected chi connectivity index (χ1v) is 19.4. The number of carbonyl (C=O) groups excluding carboxylic acids is 5. The minimum absolute atomic E-state index is 0.0107. The highest BCUT2D eigenvalue weighted by Crippen LogP contribution is 2.57. The first-order valence-electron chi connectivity index (χ1n) is 17.8. The van der Waals surface area contributed by atoms with E-state index in [-0.39, 0.29) is 51.2 Å². The molecular formula is C36H47FN4O9S. The number of rotatable bonds is 5. The van der Waals surface area contributed by atoms with E-state index in [1.54, 1.807) is 32.9 Å². The van der Waals surface area contributed by atoms with Crippen LogP contribution >= 0.6 is 0 Å². The van der Waals surface area contributed by atoms with Gasteiger partial charge in [-0.25, -0.2) is 22.4 Å². The van der Waals surface area contributed by atoms with E-state index in [2.05, 4.69) is 10.0 Å². The molecule has 0 bridgehead atoms. The van der Waals surface area contributed by atoms with Crippen LogP contribution in [0.4, 0.5) is 14.0 Å². The maximum atomic E-state index is 14.4. The average molecular weight is 731 g/mol. The molecule has 2 aliphatic carbocycles. The highest BCUT2D eigenvalue weighted by Gasteiger charge is 2.61. The van der Waals surface area contributed by atoms with Crippen LogP contribution in [0.25, 0.3) is 0 Å². The minimum Gasteiger partial charge on any atom is -0.444 e. The predicted molar refractivity (Wildman–Crippen MR) is 182 cm³/mol. The first kappa shape index (κ1) is 36.8. The Bertz CT molecular complexity index is 1720. The van der Waals surface area contributed by atoms with Crippen LogP contribution in [0.2, 0.25) is 0 Å². The van der Waals surface area contributed by atoms with Gasteiger partial charge < -0.3 is 19.7 Å². The van der Waals surface area contributed by atoms with Crippen molar-refractivity contribution in [3.63, 3.8) is 0 Å². The molecule has 5 aliphatic rings. The van der Waals surface area contributed by atoms with E-state index in [1.807, 2.05) is 12.2 Å². The van der Waals surface area contributed by atoms with Crippen molar-refractivity contribution in [3.8, 4) is 0 Å². The molecule has 2 saturated carbocycles. The van der Waals surface area contributed by atoms with Crippen LogP contribution in [0.3, 0.4) is 0 Å². The Balaban J connectivity index is 1.25. The van der Waals surface area contributed by atoms with E-state index in [9.17, 15) is 36.8 Å². The Morgan fingerprint density at radius 2 is 1.80 bits per heavy atom. The lowest BCUT2D eigenvalue weighted by Crippen LogP contribution is -2.53. The number of nitrogens with zero attached hydrogens (tertiary/aromatic N) is 2. The molecule has 2 N–H and O–H groups in total. The first-order chi connectivity index (χ1) is 24.1. The average Bonchev–Trinajstić information content (AvgIpc) is 3.93. The quantitative estimate of drug-likeness (QED) is 0.421. The van der Waals surface area contributed by atoms with Crippen molar-refractivity contribution in [1.82, 2.24) is 19.8 Å². The monoisotopic (exact) mass is 730 g/mol. The third-order valence-electron chi connectivity index (χ3n) is 10.4. The molecule has 13 nitrogen and oxygen atoms in total. The molecule has 3 aliphatic heterocycles. The molecule has 3 heterocycles. The summed E-state index contributed by atoms with van der Waals surface area (Å²) >= 11 is 0. The molecule has 3 fully saturated rings. The Kier molecular flexibility index (Phi) is 10.2. The summed E-state index contributed by atoms with van der Waals surface area (Å²) in [6.45, 7) is 5.10. The van der Waals surface area contributed by atoms with Gasteiger partial charge in [0.2, 0.25) is 21.8 Å². The molecule has 0 spiro atoms. The van der Waals surface area contributed by atoms with Crippen molar-refractivity contribution in [3.05, 3.63) is 47.3 Å². The number of sulfonamides is 1. The van der Waals surface area contributed by atoms with Crippen LogP contribution in [0.15, 0.2) is 30.4 Å². The van der Waals surface area contributed by atoms with Gasteiger partial charge in [0.25, 0.3) is 0 Å². The smallest absolute Gasteiger partial charge is 0.410 e. The molecule has 15 heteroatoms. The van der Waals surface area contributed by atoms with E-state index in [1.165, 1.54) is 15.9 Å². The number of hydrogen-bond acceptors (Lipinski definition) is 9. The van der Waals surface area contributed by atoms with Crippen molar-refractivity contribution in [1.29, 1.82) is 0 Å². The number of carbonyl (C=O) groups is 5. The fourth-order valence-electron chi connectivity index (χ4n) is 7.37. The largest absolute Gasteiger partial charge is 0.444 e. The van der Waals surface area contributed by atoms with E-state index in [0.717, 1.165) is 12.8 Å². The second-order valence-electron chi connectivity index (χ2n) is 15.5. The number of ether oxygens (including phenoxy) is 2. The lowest BCUT2D eigenvalue weighted by molar-refractivity contribution is -0.140. The van der Waals surface area contributed by atoms with Crippen LogP contribution in [-0.2, 0) is 47.0 Å². The fourth-order valence-corrected chi connectivity index (χ4v) is 8.75. The summed E-state index contributed by atoms with van der Waals surface area (Å²) < 4.78 is 53.4. The zero-order valence-electron chi connectivity index (χ0n) is 29.3. The third kappa shape index (κ3) is 8.39. The molecule has 1 saturated heterocycles. The van der Waals surface area contributed by atoms with Gasteiger partial charge in [0.1, 0.15) is 23.6 Å². The van der Waals surface area contributed by atoms with Crippen molar-refractivity contribution in [2.45, 2.75) is 127 Å². The number of nitrogens with one attached hydrogen (secondary N) is 2. The molecule has 51 heavy (non-hydrogen) atoms. The zero-order chi connectivity index (χ0) is 36.7. The van der Waals surface area contributed by atoms with Crippen molar-refractivity contribution < 1.29 is 46.3 Å². The number of allylic oxidation sites excluding steroid dienone is 2. The third-order valence-corrected chi connectivity index (χ3v) is 12.2. The van der Waals surface area contributed by atoms with Crippen molar-refractivity contribution in [2.75, 3.05) is 6.54 Å². The number of ketones is 1. The van der Waals surface area contributed by atoms with Gasteiger partial charge in [-0.05, 0) is 76.8 Å². The number of halogens is 1. The summed E-state index contributed by atoms with van der Waals surface area (Å²) in [5.41, 5.74) is -1.08. The number of benzene rings is 1. The van der Waals surface area contributed by atoms with Gasteiger partial charge in [-0.3, -0.25) is 24.0 Å². The highest BCUT2D eigenvalue weighted by molar-refractivity contribution is 7.90. The Morgan fingerprint density at radius 1 is 1.04 bits per heavy atom. The van der Waals surface area contributed by atoms with Crippen LogP contribution in [0, 0.1) is 17.2 Å². The van der Waals surface area contributed by atoms with E-state index in [4.69, 9.17) is 9.47 Å². The summed E-state index contributed by atoms with van der Waals surface area (Å²) in [6, 6.07) is 2.46. The number of alkyl carbamates (subject to hydrolysis) is 1. The molecule has 6 rings (SSSR count). The fraction of sp³-hybridized carbons (Fsp3) is 0.639. The molecule has 0 unspecified atom stereocenters. The number of fused-ring (bicyclic) bond motifs is 3. The second kappa shape index (κ2) is 14.2. The van der Waals surface area contributed by atoms with Gasteiger partial charge in [0, 0.05) is 24.9 Å². The second-order valence-corrected chi connectivity index (χ2v) is 17.5. The van der Waals surface area contributed by atoms with E-state index in [0.29, 0.717) is 36.8 Å². The van der Waals surface area contributed by atoms with E-state index < -0.39 is 80.1 Å². The van der Waals surface area contributed by atoms with Gasteiger partial charge in [-0.15, -0.1) is 0 Å². The molecule has 5 atom stereocenters. The minimum atomic E-state index is -3.88. The molecule has 0 aromatic heterocycles. The standard InChI is InChI=1S/C36H47FN4O9S/c1-35(2,3)50-33(45)38-28-13-8-6-4-5-7-11-23-17-36(23,32(44)39-51(47,48)25-14-15-25)18-30(42)29-16-24(20-41(29)31(28)43)49-34(46)40-19-22-10-9-12-27(37)26(22)21-40/h7,9-12,23-25,28-29H,4-6,8,13-21H2,1-3H3,(H,38,45)(H,39,44)/b11-7-/t23-,24-,28+,29+,36-/m1/s1. The van der Waals surface area contributed by atoms with Crippen molar-refractivity contribution >= 4 is 39.8 Å². The molecule has 278 valence electrons. The molecular weight excluding hydrogens is 683 g/mol.